The Morgan fingerprint density at radius 1 is 1.27 bits per heavy atom. The van der Waals surface area contributed by atoms with Gasteiger partial charge in [0.15, 0.2) is 0 Å². The Bertz CT molecular complexity index is 278. The van der Waals surface area contributed by atoms with Crippen molar-refractivity contribution >= 4 is 24.2 Å². The van der Waals surface area contributed by atoms with Gasteiger partial charge in [-0.2, -0.15) is 0 Å². The molecule has 1 aromatic rings. The predicted octanol–water partition coefficient (Wildman–Crippen LogP) is 1.60. The summed E-state index contributed by atoms with van der Waals surface area (Å²) in [6.07, 6.45) is 5.75. The van der Waals surface area contributed by atoms with Crippen molar-refractivity contribution in [2.75, 3.05) is 12.4 Å². The number of nitrogens with zero attached hydrogens (tertiary/aromatic N) is 1. The van der Waals surface area contributed by atoms with E-state index in [0.717, 1.165) is 6.67 Å². The van der Waals surface area contributed by atoms with Gasteiger partial charge in [-0.1, -0.05) is 12.1 Å². The zero-order chi connectivity index (χ0) is 9.64. The lowest BCUT2D eigenvalue weighted by atomic mass is 10.4. The molecule has 0 aromatic carbocycles. The Labute approximate surface area is 100 Å². The molecule has 2 aliphatic heterocycles. The lowest BCUT2D eigenvalue weighted by Gasteiger charge is -1.98. The average molecular weight is 244 g/mol. The molecule has 15 heavy (non-hydrogen) atoms. The molecule has 5 heteroatoms. The molecule has 1 atom stereocenters. The molecular formula is C10H14ClN3S. The van der Waals surface area contributed by atoms with E-state index in [1.165, 1.54) is 11.4 Å². The first-order valence-electron chi connectivity index (χ1n) is 4.61. The van der Waals surface area contributed by atoms with Gasteiger partial charge in [0.25, 0.3) is 0 Å². The molecule has 1 aromatic heterocycles. The van der Waals surface area contributed by atoms with Crippen molar-refractivity contribution in [3.05, 3.63) is 42.4 Å². The highest BCUT2D eigenvalue weighted by molar-refractivity contribution is 8.00. The van der Waals surface area contributed by atoms with Gasteiger partial charge in [-0.15, -0.1) is 24.2 Å². The second-order valence-electron chi connectivity index (χ2n) is 2.96. The van der Waals surface area contributed by atoms with E-state index in [-0.39, 0.29) is 12.4 Å². The minimum absolute atomic E-state index is 0. The van der Waals surface area contributed by atoms with Crippen LogP contribution in [-0.4, -0.2) is 22.8 Å². The van der Waals surface area contributed by atoms with Gasteiger partial charge in [0.1, 0.15) is 0 Å². The van der Waals surface area contributed by atoms with Crippen LogP contribution in [0.5, 0.6) is 0 Å². The van der Waals surface area contributed by atoms with E-state index in [2.05, 4.69) is 21.7 Å². The molecular weight excluding hydrogens is 230 g/mol. The zero-order valence-corrected chi connectivity index (χ0v) is 9.85. The highest BCUT2D eigenvalue weighted by Gasteiger charge is 2.22. The summed E-state index contributed by atoms with van der Waals surface area (Å²) < 4.78 is 0. The monoisotopic (exact) mass is 243 g/mol. The lowest BCUT2D eigenvalue weighted by molar-refractivity contribution is 0.796. The number of thioether (sulfide) groups is 1. The quantitative estimate of drug-likeness (QED) is 0.726. The maximum atomic E-state index is 3.78. The molecule has 82 valence electrons. The van der Waals surface area contributed by atoms with Gasteiger partial charge in [-0.25, -0.2) is 0 Å². The number of pyridine rings is 1. The van der Waals surface area contributed by atoms with Crippen molar-refractivity contribution in [3.63, 3.8) is 0 Å². The molecule has 0 saturated carbocycles. The third kappa shape index (κ3) is 3.74. The smallest absolute Gasteiger partial charge is 0.0950 e. The van der Waals surface area contributed by atoms with Crippen LogP contribution in [0.25, 0.3) is 0 Å². The summed E-state index contributed by atoms with van der Waals surface area (Å²) in [4.78, 5) is 3.78. The first-order valence-corrected chi connectivity index (χ1v) is 5.65. The molecule has 1 fully saturated rings. The molecule has 1 saturated heterocycles. The number of fused-ring (bicyclic) bond motifs is 1. The van der Waals surface area contributed by atoms with Crippen molar-refractivity contribution in [2.45, 2.75) is 5.37 Å². The SMILES string of the molecule is C1=C2NCNC2SC1.Cl.c1ccncc1. The van der Waals surface area contributed by atoms with Crippen LogP contribution in [0.3, 0.4) is 0 Å². The fraction of sp³-hybridized carbons (Fsp3) is 0.300. The zero-order valence-electron chi connectivity index (χ0n) is 8.22. The number of rotatable bonds is 0. The Morgan fingerprint density at radius 2 is 2.07 bits per heavy atom. The van der Waals surface area contributed by atoms with E-state index < -0.39 is 0 Å². The van der Waals surface area contributed by atoms with Crippen LogP contribution in [0, 0.1) is 0 Å². The first kappa shape index (κ1) is 12.4. The molecule has 2 N–H and O–H groups in total. The van der Waals surface area contributed by atoms with Gasteiger partial charge in [-0.05, 0) is 12.1 Å². The molecule has 3 heterocycles. The summed E-state index contributed by atoms with van der Waals surface area (Å²) in [5.74, 6) is 1.17. The fourth-order valence-electron chi connectivity index (χ4n) is 1.32. The number of nitrogens with one attached hydrogen (secondary N) is 2. The van der Waals surface area contributed by atoms with Gasteiger partial charge >= 0.3 is 0 Å². The lowest BCUT2D eigenvalue weighted by Crippen LogP contribution is -2.17. The molecule has 0 radical (unpaired) electrons. The fourth-order valence-corrected chi connectivity index (χ4v) is 2.35. The second kappa shape index (κ2) is 6.71. The Hall–Kier alpha value is -0.710. The number of halogens is 1. The van der Waals surface area contributed by atoms with Crippen LogP contribution < -0.4 is 10.6 Å². The average Bonchev–Trinajstić information content (AvgIpc) is 2.82. The van der Waals surface area contributed by atoms with Crippen molar-refractivity contribution in [3.8, 4) is 0 Å². The molecule has 1 unspecified atom stereocenters. The van der Waals surface area contributed by atoms with Gasteiger partial charge in [0.2, 0.25) is 0 Å². The third-order valence-corrected chi connectivity index (χ3v) is 3.11. The third-order valence-electron chi connectivity index (χ3n) is 2.00. The molecule has 3 rings (SSSR count). The second-order valence-corrected chi connectivity index (χ2v) is 4.09. The van der Waals surface area contributed by atoms with Gasteiger partial charge < -0.3 is 5.32 Å². The van der Waals surface area contributed by atoms with Crippen molar-refractivity contribution in [2.24, 2.45) is 0 Å². The van der Waals surface area contributed by atoms with E-state index in [9.17, 15) is 0 Å². The van der Waals surface area contributed by atoms with E-state index in [0.29, 0.717) is 5.37 Å². The van der Waals surface area contributed by atoms with Gasteiger partial charge in [0.05, 0.1) is 12.0 Å². The number of hydrogen-bond donors (Lipinski definition) is 2. The van der Waals surface area contributed by atoms with Gasteiger partial charge in [0, 0.05) is 23.8 Å². The minimum atomic E-state index is 0. The summed E-state index contributed by atoms with van der Waals surface area (Å²) in [6.45, 7) is 0.948. The minimum Gasteiger partial charge on any atom is -0.374 e. The van der Waals surface area contributed by atoms with Gasteiger partial charge in [-0.3, -0.25) is 10.3 Å². The maximum Gasteiger partial charge on any atom is 0.0950 e. The highest BCUT2D eigenvalue weighted by atomic mass is 35.5. The molecule has 3 nitrogen and oxygen atoms in total. The predicted molar refractivity (Wildman–Crippen MR) is 67.0 cm³/mol. The number of aromatic nitrogens is 1. The molecule has 2 aliphatic rings. The summed E-state index contributed by atoms with van der Waals surface area (Å²) >= 11 is 1.95. The molecule has 0 aliphatic carbocycles. The van der Waals surface area contributed by atoms with Crippen molar-refractivity contribution in [1.82, 2.24) is 15.6 Å². The van der Waals surface area contributed by atoms with E-state index in [4.69, 9.17) is 0 Å². The van der Waals surface area contributed by atoms with Crippen LogP contribution in [0.2, 0.25) is 0 Å². The largest absolute Gasteiger partial charge is 0.374 e. The van der Waals surface area contributed by atoms with Crippen LogP contribution in [0.1, 0.15) is 0 Å². The normalized spacial score (nSPS) is 21.3. The maximum absolute atomic E-state index is 3.78. The number of hydrogen-bond acceptors (Lipinski definition) is 4. The Balaban J connectivity index is 0.000000146. The van der Waals surface area contributed by atoms with E-state index >= 15 is 0 Å². The summed E-state index contributed by atoms with van der Waals surface area (Å²) in [5, 5.41) is 7.14. The van der Waals surface area contributed by atoms with E-state index in [1.807, 2.05) is 30.0 Å². The standard InChI is InChI=1S/C5H8N2S.C5H5N.ClH/c1-2-8-5-4(1)6-3-7-5;1-2-4-6-5-3-1;/h1,5-7H,2-3H2;1-5H;1H. The van der Waals surface area contributed by atoms with Crippen LogP contribution in [-0.2, 0) is 0 Å². The van der Waals surface area contributed by atoms with E-state index in [1.54, 1.807) is 12.4 Å². The van der Waals surface area contributed by atoms with Crippen LogP contribution in [0.15, 0.2) is 42.4 Å². The summed E-state index contributed by atoms with van der Waals surface area (Å²) in [6, 6.07) is 5.72. The summed E-state index contributed by atoms with van der Waals surface area (Å²) in [5.41, 5.74) is 1.38. The molecule has 0 amide bonds. The van der Waals surface area contributed by atoms with Crippen LogP contribution >= 0.6 is 24.2 Å². The Kier molecular flexibility index (Phi) is 5.53. The van der Waals surface area contributed by atoms with Crippen molar-refractivity contribution in [1.29, 1.82) is 0 Å². The Morgan fingerprint density at radius 3 is 2.60 bits per heavy atom. The topological polar surface area (TPSA) is 37.0 Å². The highest BCUT2D eigenvalue weighted by Crippen LogP contribution is 2.24. The molecule has 0 bridgehead atoms. The molecule has 0 spiro atoms. The summed E-state index contributed by atoms with van der Waals surface area (Å²) in [7, 11) is 0. The van der Waals surface area contributed by atoms with Crippen LogP contribution in [0.4, 0.5) is 0 Å². The first-order chi connectivity index (χ1) is 6.97. The van der Waals surface area contributed by atoms with Crippen molar-refractivity contribution < 1.29 is 0 Å².